The first-order chi connectivity index (χ1) is 13.4. The molecule has 4 rings (SSSR count). The summed E-state index contributed by atoms with van der Waals surface area (Å²) in [6.45, 7) is 1.11. The second-order valence-corrected chi connectivity index (χ2v) is 8.50. The van der Waals surface area contributed by atoms with Crippen LogP contribution >= 0.6 is 11.3 Å². The molecule has 0 radical (unpaired) electrons. The van der Waals surface area contributed by atoms with Crippen LogP contribution in [0, 0.1) is 0 Å². The van der Waals surface area contributed by atoms with Crippen LogP contribution in [-0.2, 0) is 15.0 Å². The molecular weight excluding hydrogens is 374 g/mol. The fourth-order valence-corrected chi connectivity index (χ4v) is 4.85. The number of likely N-dealkylation sites (N-methyl/N-ethyl adjacent to an activating group) is 1. The quantitative estimate of drug-likeness (QED) is 0.799. The van der Waals surface area contributed by atoms with E-state index in [-0.39, 0.29) is 24.3 Å². The zero-order valence-electron chi connectivity index (χ0n) is 16.1. The zero-order valence-corrected chi connectivity index (χ0v) is 16.9. The summed E-state index contributed by atoms with van der Waals surface area (Å²) >= 11 is 1.44. The van der Waals surface area contributed by atoms with Gasteiger partial charge < -0.3 is 14.7 Å². The van der Waals surface area contributed by atoms with Gasteiger partial charge in [-0.15, -0.1) is 11.3 Å². The van der Waals surface area contributed by atoms with Gasteiger partial charge in [-0.3, -0.25) is 14.4 Å². The van der Waals surface area contributed by atoms with Crippen molar-refractivity contribution in [2.45, 2.75) is 18.3 Å². The molecule has 0 bridgehead atoms. The highest BCUT2D eigenvalue weighted by Crippen LogP contribution is 2.48. The van der Waals surface area contributed by atoms with Crippen molar-refractivity contribution >= 4 is 34.7 Å². The average Bonchev–Trinajstić information content (AvgIpc) is 3.31. The predicted octanol–water partition coefficient (Wildman–Crippen LogP) is 2.36. The van der Waals surface area contributed by atoms with Crippen molar-refractivity contribution in [1.29, 1.82) is 0 Å². The fraction of sp³-hybridized carbons (Fsp3) is 0.381. The molecule has 0 saturated carbocycles. The maximum atomic E-state index is 13.5. The Morgan fingerprint density at radius 1 is 1.11 bits per heavy atom. The van der Waals surface area contributed by atoms with Crippen LogP contribution in [0.1, 0.15) is 28.1 Å². The lowest BCUT2D eigenvalue weighted by atomic mass is 9.73. The number of fused-ring (bicyclic) bond motifs is 2. The molecule has 3 amide bonds. The van der Waals surface area contributed by atoms with E-state index in [0.717, 1.165) is 16.1 Å². The van der Waals surface area contributed by atoms with Gasteiger partial charge in [0.15, 0.2) is 0 Å². The van der Waals surface area contributed by atoms with E-state index < -0.39 is 5.41 Å². The molecule has 2 aromatic rings. The monoisotopic (exact) mass is 397 g/mol. The summed E-state index contributed by atoms with van der Waals surface area (Å²) in [5.74, 6) is -0.0964. The summed E-state index contributed by atoms with van der Waals surface area (Å²) in [5.41, 5.74) is 1.16. The lowest BCUT2D eigenvalue weighted by Gasteiger charge is -2.38. The summed E-state index contributed by atoms with van der Waals surface area (Å²) in [4.78, 5) is 44.1. The first kappa shape index (κ1) is 18.7. The number of piperidine rings is 1. The summed E-state index contributed by atoms with van der Waals surface area (Å²) < 4.78 is 0. The Morgan fingerprint density at radius 2 is 1.82 bits per heavy atom. The summed E-state index contributed by atoms with van der Waals surface area (Å²) in [6, 6.07) is 11.4. The van der Waals surface area contributed by atoms with Gasteiger partial charge in [0.2, 0.25) is 11.8 Å². The molecule has 0 aliphatic carbocycles. The maximum absolute atomic E-state index is 13.5. The Kier molecular flexibility index (Phi) is 4.71. The number of carbonyl (C=O) groups excluding carboxylic acids is 3. The van der Waals surface area contributed by atoms with E-state index in [1.165, 1.54) is 16.2 Å². The summed E-state index contributed by atoms with van der Waals surface area (Å²) in [5, 5.41) is 1.90. The highest BCUT2D eigenvalue weighted by molar-refractivity contribution is 7.12. The molecule has 1 aromatic heterocycles. The van der Waals surface area contributed by atoms with Crippen molar-refractivity contribution in [3.8, 4) is 0 Å². The van der Waals surface area contributed by atoms with E-state index in [2.05, 4.69) is 0 Å². The highest BCUT2D eigenvalue weighted by Gasteiger charge is 2.52. The largest absolute Gasteiger partial charge is 0.347 e. The van der Waals surface area contributed by atoms with Crippen molar-refractivity contribution < 1.29 is 14.4 Å². The first-order valence-corrected chi connectivity index (χ1v) is 10.3. The molecule has 28 heavy (non-hydrogen) atoms. The number of likely N-dealkylation sites (tertiary alicyclic amines) is 1. The number of benzene rings is 1. The van der Waals surface area contributed by atoms with Crippen molar-refractivity contribution in [2.75, 3.05) is 38.6 Å². The van der Waals surface area contributed by atoms with E-state index in [0.29, 0.717) is 25.9 Å². The number of carbonyl (C=O) groups is 3. The van der Waals surface area contributed by atoms with E-state index in [4.69, 9.17) is 0 Å². The molecule has 1 saturated heterocycles. The number of para-hydroxylation sites is 1. The van der Waals surface area contributed by atoms with E-state index in [1.54, 1.807) is 19.0 Å². The van der Waals surface area contributed by atoms with Gasteiger partial charge in [0.25, 0.3) is 5.91 Å². The van der Waals surface area contributed by atoms with E-state index in [9.17, 15) is 14.4 Å². The summed E-state index contributed by atoms with van der Waals surface area (Å²) in [7, 11) is 3.39. The molecule has 0 unspecified atom stereocenters. The summed E-state index contributed by atoms with van der Waals surface area (Å²) in [6.07, 6.45) is 1.15. The molecular formula is C21H23N3O3S. The second kappa shape index (κ2) is 7.05. The van der Waals surface area contributed by atoms with Crippen LogP contribution in [0.2, 0.25) is 0 Å². The number of nitrogens with zero attached hydrogens (tertiary/aromatic N) is 3. The van der Waals surface area contributed by atoms with Gasteiger partial charge >= 0.3 is 0 Å². The maximum Gasteiger partial charge on any atom is 0.263 e. The standard InChI is InChI=1S/C21H23N3O3S/c1-22(2)18(25)14-24-16-7-4-3-6-15(16)21(20(24)27)9-11-23(12-10-21)19(26)17-8-5-13-28-17/h3-8,13H,9-12,14H2,1-2H3. The predicted molar refractivity (Wildman–Crippen MR) is 109 cm³/mol. The molecule has 1 aromatic carbocycles. The normalized spacial score (nSPS) is 17.7. The van der Waals surface area contributed by atoms with E-state index in [1.807, 2.05) is 46.7 Å². The number of anilines is 1. The van der Waals surface area contributed by atoms with Gasteiger partial charge in [-0.2, -0.15) is 0 Å². The van der Waals surface area contributed by atoms with Crippen molar-refractivity contribution in [2.24, 2.45) is 0 Å². The van der Waals surface area contributed by atoms with E-state index >= 15 is 0 Å². The lowest BCUT2D eigenvalue weighted by Crippen LogP contribution is -2.51. The minimum atomic E-state index is -0.643. The third-order valence-corrected chi connectivity index (χ3v) is 6.65. The van der Waals surface area contributed by atoms with Crippen molar-refractivity contribution in [3.05, 3.63) is 52.2 Å². The minimum absolute atomic E-state index is 0.0212. The van der Waals surface area contributed by atoms with Crippen LogP contribution in [0.5, 0.6) is 0 Å². The minimum Gasteiger partial charge on any atom is -0.347 e. The van der Waals surface area contributed by atoms with Crippen LogP contribution in [0.3, 0.4) is 0 Å². The molecule has 7 heteroatoms. The Balaban J connectivity index is 1.59. The molecule has 1 fully saturated rings. The van der Waals surface area contributed by atoms with Crippen molar-refractivity contribution in [3.63, 3.8) is 0 Å². The Labute approximate surface area is 168 Å². The van der Waals surface area contributed by atoms with Gasteiger partial charge in [0.1, 0.15) is 6.54 Å². The first-order valence-electron chi connectivity index (χ1n) is 9.38. The van der Waals surface area contributed by atoms with Crippen LogP contribution in [0.15, 0.2) is 41.8 Å². The van der Waals surface area contributed by atoms with Gasteiger partial charge in [-0.25, -0.2) is 0 Å². The van der Waals surface area contributed by atoms with Gasteiger partial charge in [0.05, 0.1) is 10.3 Å². The number of thiophene rings is 1. The van der Waals surface area contributed by atoms with Gasteiger partial charge in [0, 0.05) is 32.9 Å². The molecule has 6 nitrogen and oxygen atoms in total. The zero-order chi connectivity index (χ0) is 19.9. The molecule has 2 aliphatic heterocycles. The van der Waals surface area contributed by atoms with Gasteiger partial charge in [-0.05, 0) is 35.9 Å². The molecule has 3 heterocycles. The number of amides is 3. The van der Waals surface area contributed by atoms with Crippen LogP contribution in [-0.4, -0.2) is 61.3 Å². The van der Waals surface area contributed by atoms with Crippen LogP contribution in [0.25, 0.3) is 0 Å². The second-order valence-electron chi connectivity index (χ2n) is 7.55. The number of hydrogen-bond acceptors (Lipinski definition) is 4. The topological polar surface area (TPSA) is 60.9 Å². The Hall–Kier alpha value is -2.67. The lowest BCUT2D eigenvalue weighted by molar-refractivity contribution is -0.130. The third kappa shape index (κ3) is 2.90. The number of rotatable bonds is 3. The number of hydrogen-bond donors (Lipinski definition) is 0. The Bertz CT molecular complexity index is 915. The van der Waals surface area contributed by atoms with Crippen LogP contribution in [0.4, 0.5) is 5.69 Å². The molecule has 0 atom stereocenters. The van der Waals surface area contributed by atoms with Gasteiger partial charge in [-0.1, -0.05) is 24.3 Å². The molecule has 1 spiro atoms. The fourth-order valence-electron chi connectivity index (χ4n) is 4.16. The molecule has 146 valence electrons. The highest BCUT2D eigenvalue weighted by atomic mass is 32.1. The smallest absolute Gasteiger partial charge is 0.263 e. The average molecular weight is 398 g/mol. The van der Waals surface area contributed by atoms with Crippen molar-refractivity contribution in [1.82, 2.24) is 9.80 Å². The molecule has 2 aliphatic rings. The third-order valence-electron chi connectivity index (χ3n) is 5.79. The SMILES string of the molecule is CN(C)C(=O)CN1C(=O)C2(CCN(C(=O)c3cccs3)CC2)c2ccccc21. The van der Waals surface area contributed by atoms with Crippen LogP contribution < -0.4 is 4.90 Å². The Morgan fingerprint density at radius 3 is 2.46 bits per heavy atom. The molecule has 0 N–H and O–H groups in total.